The topological polar surface area (TPSA) is 32.3 Å². The van der Waals surface area contributed by atoms with E-state index in [-0.39, 0.29) is 11.3 Å². The van der Waals surface area contributed by atoms with Crippen LogP contribution in [-0.4, -0.2) is 23.9 Å². The molecule has 1 amide bonds. The van der Waals surface area contributed by atoms with Crippen LogP contribution >= 0.6 is 0 Å². The molecule has 0 radical (unpaired) electrons. The van der Waals surface area contributed by atoms with Crippen molar-refractivity contribution < 1.29 is 4.79 Å². The minimum Gasteiger partial charge on any atom is -0.376 e. The third-order valence-electron chi connectivity index (χ3n) is 4.15. The molecule has 0 unspecified atom stereocenters. The minimum absolute atomic E-state index is 0.112. The number of carbonyl (C=O) groups is 1. The molecule has 2 aromatic carbocycles. The molecular formula is C21H28N2O. The Morgan fingerprint density at radius 1 is 1.00 bits per heavy atom. The number of anilines is 1. The number of hydrogen-bond acceptors (Lipinski definition) is 2. The van der Waals surface area contributed by atoms with Crippen LogP contribution in [0.25, 0.3) is 0 Å². The van der Waals surface area contributed by atoms with Crippen molar-refractivity contribution in [2.45, 2.75) is 39.7 Å². The van der Waals surface area contributed by atoms with Gasteiger partial charge in [0.05, 0.1) is 6.54 Å². The van der Waals surface area contributed by atoms with Crippen molar-refractivity contribution in [3.8, 4) is 0 Å². The summed E-state index contributed by atoms with van der Waals surface area (Å²) in [5.41, 5.74) is 3.57. The number of rotatable bonds is 6. The SMILES string of the molecule is CCN(Cc1ccccc1)C(=O)CNc1ccc(C(C)(C)C)cc1. The number of hydrogen-bond donors (Lipinski definition) is 1. The molecule has 0 aliphatic heterocycles. The van der Waals surface area contributed by atoms with Crippen LogP contribution in [0.1, 0.15) is 38.8 Å². The van der Waals surface area contributed by atoms with Crippen LogP contribution in [0.4, 0.5) is 5.69 Å². The lowest BCUT2D eigenvalue weighted by Gasteiger charge is -2.22. The molecule has 3 heteroatoms. The number of carbonyl (C=O) groups excluding carboxylic acids is 1. The summed E-state index contributed by atoms with van der Waals surface area (Å²) >= 11 is 0. The Morgan fingerprint density at radius 3 is 2.17 bits per heavy atom. The molecule has 0 bridgehead atoms. The number of amides is 1. The Kier molecular flexibility index (Phi) is 6.02. The molecule has 1 N–H and O–H groups in total. The third-order valence-corrected chi connectivity index (χ3v) is 4.15. The van der Waals surface area contributed by atoms with Gasteiger partial charge in [-0.1, -0.05) is 63.2 Å². The van der Waals surface area contributed by atoms with E-state index in [9.17, 15) is 4.79 Å². The predicted octanol–water partition coefficient (Wildman–Crippen LogP) is 4.44. The molecule has 0 spiro atoms. The molecule has 0 saturated heterocycles. The zero-order valence-electron chi connectivity index (χ0n) is 15.2. The Bertz CT molecular complexity index is 642. The first-order valence-electron chi connectivity index (χ1n) is 8.56. The van der Waals surface area contributed by atoms with E-state index in [0.29, 0.717) is 19.6 Å². The van der Waals surface area contributed by atoms with E-state index < -0.39 is 0 Å². The quantitative estimate of drug-likeness (QED) is 0.851. The molecule has 0 aromatic heterocycles. The molecule has 24 heavy (non-hydrogen) atoms. The van der Waals surface area contributed by atoms with Gasteiger partial charge in [0.25, 0.3) is 0 Å². The number of benzene rings is 2. The summed E-state index contributed by atoms with van der Waals surface area (Å²) in [7, 11) is 0. The fourth-order valence-electron chi connectivity index (χ4n) is 2.56. The van der Waals surface area contributed by atoms with Crippen LogP contribution in [0.3, 0.4) is 0 Å². The summed E-state index contributed by atoms with van der Waals surface area (Å²) in [6.45, 7) is 10.3. The van der Waals surface area contributed by atoms with Crippen molar-refractivity contribution in [1.82, 2.24) is 4.90 Å². The lowest BCUT2D eigenvalue weighted by molar-refractivity contribution is -0.129. The maximum atomic E-state index is 12.4. The first kappa shape index (κ1) is 18.1. The van der Waals surface area contributed by atoms with Gasteiger partial charge in [-0.15, -0.1) is 0 Å². The molecule has 0 heterocycles. The van der Waals surface area contributed by atoms with Crippen molar-refractivity contribution in [3.63, 3.8) is 0 Å². The second-order valence-electron chi connectivity index (χ2n) is 7.07. The highest BCUT2D eigenvalue weighted by Crippen LogP contribution is 2.23. The number of nitrogens with zero attached hydrogens (tertiary/aromatic N) is 1. The lowest BCUT2D eigenvalue weighted by atomic mass is 9.87. The van der Waals surface area contributed by atoms with Gasteiger partial charge < -0.3 is 10.2 Å². The van der Waals surface area contributed by atoms with Gasteiger partial charge in [0.15, 0.2) is 0 Å². The minimum atomic E-state index is 0.112. The summed E-state index contributed by atoms with van der Waals surface area (Å²) in [5.74, 6) is 0.112. The van der Waals surface area contributed by atoms with Gasteiger partial charge in [0.2, 0.25) is 5.91 Å². The first-order valence-corrected chi connectivity index (χ1v) is 8.56. The zero-order valence-corrected chi connectivity index (χ0v) is 15.2. The van der Waals surface area contributed by atoms with Crippen LogP contribution < -0.4 is 5.32 Å². The highest BCUT2D eigenvalue weighted by atomic mass is 16.2. The van der Waals surface area contributed by atoms with Crippen LogP contribution in [0.2, 0.25) is 0 Å². The van der Waals surface area contributed by atoms with Crippen molar-refractivity contribution in [2.75, 3.05) is 18.4 Å². The Balaban J connectivity index is 1.91. The average molecular weight is 324 g/mol. The maximum absolute atomic E-state index is 12.4. The Morgan fingerprint density at radius 2 is 1.62 bits per heavy atom. The highest BCUT2D eigenvalue weighted by Gasteiger charge is 2.14. The molecular weight excluding hydrogens is 296 g/mol. The normalized spacial score (nSPS) is 11.2. The van der Waals surface area contributed by atoms with Gasteiger partial charge in [0, 0.05) is 18.8 Å². The van der Waals surface area contributed by atoms with Crippen LogP contribution in [0.5, 0.6) is 0 Å². The van der Waals surface area contributed by atoms with Crippen molar-refractivity contribution in [3.05, 3.63) is 65.7 Å². The maximum Gasteiger partial charge on any atom is 0.242 e. The molecule has 2 aromatic rings. The second kappa shape index (κ2) is 8.00. The smallest absolute Gasteiger partial charge is 0.242 e. The van der Waals surface area contributed by atoms with Gasteiger partial charge in [-0.2, -0.15) is 0 Å². The van der Waals surface area contributed by atoms with Crippen molar-refractivity contribution in [1.29, 1.82) is 0 Å². The lowest BCUT2D eigenvalue weighted by Crippen LogP contribution is -2.34. The standard InChI is InChI=1S/C21H28N2O/c1-5-23(16-17-9-7-6-8-10-17)20(24)15-22-19-13-11-18(12-14-19)21(2,3)4/h6-14,22H,5,15-16H2,1-4H3. The predicted molar refractivity (Wildman–Crippen MR) is 101 cm³/mol. The molecule has 128 valence electrons. The Hall–Kier alpha value is -2.29. The average Bonchev–Trinajstić information content (AvgIpc) is 2.58. The summed E-state index contributed by atoms with van der Waals surface area (Å²) < 4.78 is 0. The zero-order chi connectivity index (χ0) is 17.6. The molecule has 0 saturated carbocycles. The van der Waals surface area contributed by atoms with E-state index in [1.54, 1.807) is 0 Å². The molecule has 0 aliphatic carbocycles. The monoisotopic (exact) mass is 324 g/mol. The third kappa shape index (κ3) is 5.12. The summed E-state index contributed by atoms with van der Waals surface area (Å²) in [4.78, 5) is 14.3. The number of likely N-dealkylation sites (N-methyl/N-ethyl adjacent to an activating group) is 1. The number of nitrogens with one attached hydrogen (secondary N) is 1. The van der Waals surface area contributed by atoms with Crippen molar-refractivity contribution >= 4 is 11.6 Å². The van der Waals surface area contributed by atoms with Crippen LogP contribution in [0.15, 0.2) is 54.6 Å². The second-order valence-corrected chi connectivity index (χ2v) is 7.07. The fraction of sp³-hybridized carbons (Fsp3) is 0.381. The van der Waals surface area contributed by atoms with E-state index in [0.717, 1.165) is 11.3 Å². The Labute approximate surface area is 145 Å². The van der Waals surface area contributed by atoms with Gasteiger partial charge in [-0.3, -0.25) is 4.79 Å². The summed E-state index contributed by atoms with van der Waals surface area (Å²) in [5, 5.41) is 3.23. The molecule has 0 aliphatic rings. The first-order chi connectivity index (χ1) is 11.4. The largest absolute Gasteiger partial charge is 0.376 e. The van der Waals surface area contributed by atoms with Gasteiger partial charge in [-0.25, -0.2) is 0 Å². The van der Waals surface area contributed by atoms with E-state index in [1.807, 2.05) is 42.2 Å². The molecule has 0 atom stereocenters. The van der Waals surface area contributed by atoms with E-state index >= 15 is 0 Å². The molecule has 2 rings (SSSR count). The van der Waals surface area contributed by atoms with Crippen LogP contribution in [-0.2, 0) is 16.8 Å². The summed E-state index contributed by atoms with van der Waals surface area (Å²) in [6.07, 6.45) is 0. The van der Waals surface area contributed by atoms with E-state index in [2.05, 4.69) is 50.4 Å². The van der Waals surface area contributed by atoms with Crippen molar-refractivity contribution in [2.24, 2.45) is 0 Å². The summed E-state index contributed by atoms with van der Waals surface area (Å²) in [6, 6.07) is 18.4. The van der Waals surface area contributed by atoms with Gasteiger partial charge in [-0.05, 0) is 35.6 Å². The van der Waals surface area contributed by atoms with E-state index in [4.69, 9.17) is 0 Å². The molecule has 3 nitrogen and oxygen atoms in total. The molecule has 0 fully saturated rings. The van der Waals surface area contributed by atoms with Crippen LogP contribution in [0, 0.1) is 0 Å². The van der Waals surface area contributed by atoms with Gasteiger partial charge in [0.1, 0.15) is 0 Å². The fourth-order valence-corrected chi connectivity index (χ4v) is 2.56. The highest BCUT2D eigenvalue weighted by molar-refractivity contribution is 5.80. The van der Waals surface area contributed by atoms with Gasteiger partial charge >= 0.3 is 0 Å². The van der Waals surface area contributed by atoms with E-state index in [1.165, 1.54) is 5.56 Å².